The van der Waals surface area contributed by atoms with Crippen molar-refractivity contribution < 1.29 is 14.8 Å². The lowest BCUT2D eigenvalue weighted by Crippen LogP contribution is -2.42. The van der Waals surface area contributed by atoms with E-state index in [4.69, 9.17) is 10.9 Å². The van der Waals surface area contributed by atoms with Gasteiger partial charge < -0.3 is 15.6 Å². The average molecular weight is 397 g/mol. The molecule has 0 unspecified atom stereocenters. The van der Waals surface area contributed by atoms with Crippen LogP contribution in [0, 0.1) is 5.92 Å². The summed E-state index contributed by atoms with van der Waals surface area (Å²) in [6.45, 7) is 3.08. The number of fused-ring (bicyclic) bond motifs is 1. The molecule has 5 N–H and O–H groups in total. The molecular weight excluding hydrogens is 374 g/mol. The van der Waals surface area contributed by atoms with Crippen molar-refractivity contribution in [2.75, 3.05) is 29.5 Å². The Morgan fingerprint density at radius 2 is 1.97 bits per heavy atom. The molecule has 4 rings (SSSR count). The van der Waals surface area contributed by atoms with Crippen LogP contribution in [-0.2, 0) is 6.54 Å². The quantitative estimate of drug-likeness (QED) is 0.421. The maximum Gasteiger partial charge on any atom is 0.277 e. The molecule has 0 saturated carbocycles. The van der Waals surface area contributed by atoms with Crippen LogP contribution in [-0.4, -0.2) is 46.6 Å². The van der Waals surface area contributed by atoms with Gasteiger partial charge >= 0.3 is 0 Å². The third-order valence-corrected chi connectivity index (χ3v) is 5.46. The van der Waals surface area contributed by atoms with Gasteiger partial charge in [0, 0.05) is 38.6 Å². The molecule has 2 aromatic rings. The van der Waals surface area contributed by atoms with Crippen molar-refractivity contribution in [1.82, 2.24) is 20.9 Å². The van der Waals surface area contributed by atoms with Gasteiger partial charge in [-0.3, -0.25) is 14.8 Å². The van der Waals surface area contributed by atoms with E-state index < -0.39 is 11.8 Å². The number of hydrogen-bond donors (Lipinski definition) is 4. The summed E-state index contributed by atoms with van der Waals surface area (Å²) in [5, 5.41) is 10.7. The number of carbonyl (C=O) groups is 2. The van der Waals surface area contributed by atoms with Gasteiger partial charge in [0.15, 0.2) is 0 Å². The lowest BCUT2D eigenvalue weighted by atomic mass is 9.96. The van der Waals surface area contributed by atoms with Crippen LogP contribution in [0.2, 0.25) is 0 Å². The topological polar surface area (TPSA) is 137 Å². The fraction of sp³-hybridized carbons (Fsp3) is 0.368. The Morgan fingerprint density at radius 3 is 2.62 bits per heavy atom. The number of nitrogens with zero attached hydrogens (tertiary/aromatic N) is 4. The second-order valence-corrected chi connectivity index (χ2v) is 7.27. The van der Waals surface area contributed by atoms with Crippen molar-refractivity contribution in [3.05, 3.63) is 47.3 Å². The number of piperidine rings is 1. The molecule has 0 atom stereocenters. The molecule has 3 heterocycles. The molecule has 10 heteroatoms. The van der Waals surface area contributed by atoms with Crippen LogP contribution in [0.5, 0.6) is 0 Å². The molecule has 0 aliphatic carbocycles. The number of rotatable bonds is 5. The van der Waals surface area contributed by atoms with Crippen molar-refractivity contribution in [2.45, 2.75) is 19.4 Å². The van der Waals surface area contributed by atoms with Crippen LogP contribution in [0.4, 0.5) is 11.6 Å². The highest BCUT2D eigenvalue weighted by molar-refractivity contribution is 5.99. The lowest BCUT2D eigenvalue weighted by molar-refractivity contribution is 0.0705. The molecule has 152 valence electrons. The first-order valence-electron chi connectivity index (χ1n) is 9.51. The number of aromatic nitrogens is 2. The van der Waals surface area contributed by atoms with E-state index in [1.807, 2.05) is 12.1 Å². The van der Waals surface area contributed by atoms with Gasteiger partial charge in [-0.25, -0.2) is 20.9 Å². The number of hydrazine groups is 1. The van der Waals surface area contributed by atoms with Gasteiger partial charge in [0.25, 0.3) is 11.8 Å². The number of carbonyl (C=O) groups excluding carboxylic acids is 2. The largest absolute Gasteiger partial charge is 0.366 e. The molecule has 0 spiro atoms. The number of hydrogen-bond acceptors (Lipinski definition) is 8. The summed E-state index contributed by atoms with van der Waals surface area (Å²) in [6.07, 6.45) is 4.70. The number of primary amides is 1. The Balaban J connectivity index is 1.37. The van der Waals surface area contributed by atoms with Gasteiger partial charge in [-0.15, -0.1) is 0 Å². The maximum atomic E-state index is 11.8. The van der Waals surface area contributed by atoms with Crippen molar-refractivity contribution in [3.8, 4) is 0 Å². The van der Waals surface area contributed by atoms with Gasteiger partial charge in [0.1, 0.15) is 0 Å². The number of benzene rings is 1. The standard InChI is InChI=1S/C19H23N7O3/c20-17(27)15-3-1-2-13-10-23-26(16(13)15)11-12-4-6-25(7-5-12)19-21-8-14(9-22-19)18(28)24-29/h1-3,8-9,12,23,29H,4-7,10-11H2,(H2,20,27)(H,24,28). The minimum absolute atomic E-state index is 0.204. The highest BCUT2D eigenvalue weighted by Crippen LogP contribution is 2.31. The van der Waals surface area contributed by atoms with Crippen LogP contribution < -0.4 is 26.5 Å². The number of hydroxylamine groups is 1. The smallest absolute Gasteiger partial charge is 0.277 e. The van der Waals surface area contributed by atoms with Crippen LogP contribution in [0.1, 0.15) is 39.1 Å². The average Bonchev–Trinajstić information content (AvgIpc) is 3.16. The zero-order valence-electron chi connectivity index (χ0n) is 15.8. The zero-order chi connectivity index (χ0) is 20.4. The normalized spacial score (nSPS) is 16.6. The molecule has 2 amide bonds. The predicted octanol–water partition coefficient (Wildman–Crippen LogP) is 0.436. The first-order valence-corrected chi connectivity index (χ1v) is 9.51. The van der Waals surface area contributed by atoms with Crippen molar-refractivity contribution >= 4 is 23.5 Å². The minimum Gasteiger partial charge on any atom is -0.366 e. The third-order valence-electron chi connectivity index (χ3n) is 5.46. The van der Waals surface area contributed by atoms with Gasteiger partial charge in [-0.2, -0.15) is 0 Å². The summed E-state index contributed by atoms with van der Waals surface area (Å²) in [7, 11) is 0. The Bertz CT molecular complexity index is 911. The first kappa shape index (κ1) is 19.1. The molecule has 1 fully saturated rings. The fourth-order valence-corrected chi connectivity index (χ4v) is 3.91. The van der Waals surface area contributed by atoms with Crippen LogP contribution in [0.15, 0.2) is 30.6 Å². The number of nitrogens with two attached hydrogens (primary N) is 1. The number of amides is 2. The third kappa shape index (κ3) is 3.84. The van der Waals surface area contributed by atoms with E-state index in [1.165, 1.54) is 12.4 Å². The summed E-state index contributed by atoms with van der Waals surface area (Å²) in [5.41, 5.74) is 13.2. The maximum absolute atomic E-state index is 11.8. The molecule has 2 aliphatic rings. The summed E-state index contributed by atoms with van der Waals surface area (Å²) >= 11 is 0. The SMILES string of the molecule is NC(=O)c1cccc2c1N(CC1CCN(c3ncc(C(=O)NO)cn3)CC1)NC2. The lowest BCUT2D eigenvalue weighted by Gasteiger charge is -2.34. The van der Waals surface area contributed by atoms with Gasteiger partial charge in [-0.1, -0.05) is 12.1 Å². The molecule has 1 aromatic heterocycles. The summed E-state index contributed by atoms with van der Waals surface area (Å²) < 4.78 is 0. The van der Waals surface area contributed by atoms with E-state index in [0.717, 1.165) is 43.7 Å². The number of anilines is 2. The Labute approximate surface area is 167 Å². The first-order chi connectivity index (χ1) is 14.1. The zero-order valence-corrected chi connectivity index (χ0v) is 15.8. The van der Waals surface area contributed by atoms with Crippen LogP contribution >= 0.6 is 0 Å². The molecule has 1 saturated heterocycles. The Kier molecular flexibility index (Phi) is 5.28. The second kappa shape index (κ2) is 8.02. The minimum atomic E-state index is -0.635. The highest BCUT2D eigenvalue weighted by Gasteiger charge is 2.28. The van der Waals surface area contributed by atoms with E-state index in [2.05, 4.69) is 25.3 Å². The van der Waals surface area contributed by atoms with Gasteiger partial charge in [-0.05, 0) is 30.4 Å². The van der Waals surface area contributed by atoms with Crippen molar-refractivity contribution in [2.24, 2.45) is 11.7 Å². The fourth-order valence-electron chi connectivity index (χ4n) is 3.91. The monoisotopic (exact) mass is 397 g/mol. The van der Waals surface area contributed by atoms with E-state index in [1.54, 1.807) is 11.5 Å². The van der Waals surface area contributed by atoms with E-state index in [9.17, 15) is 9.59 Å². The van der Waals surface area contributed by atoms with E-state index >= 15 is 0 Å². The number of nitrogens with one attached hydrogen (secondary N) is 2. The molecule has 0 bridgehead atoms. The summed E-state index contributed by atoms with van der Waals surface area (Å²) in [5.74, 6) is -0.0338. The van der Waals surface area contributed by atoms with Gasteiger partial charge in [0.2, 0.25) is 5.95 Å². The highest BCUT2D eigenvalue weighted by atomic mass is 16.5. The van der Waals surface area contributed by atoms with Crippen LogP contribution in [0.25, 0.3) is 0 Å². The molecule has 2 aliphatic heterocycles. The molecule has 29 heavy (non-hydrogen) atoms. The molecule has 10 nitrogen and oxygen atoms in total. The number of para-hydroxylation sites is 1. The van der Waals surface area contributed by atoms with Gasteiger partial charge in [0.05, 0.1) is 16.8 Å². The Hall–Kier alpha value is -3.24. The van der Waals surface area contributed by atoms with Crippen molar-refractivity contribution in [3.63, 3.8) is 0 Å². The van der Waals surface area contributed by atoms with E-state index in [0.29, 0.717) is 24.0 Å². The van der Waals surface area contributed by atoms with E-state index in [-0.39, 0.29) is 5.56 Å². The van der Waals surface area contributed by atoms with Crippen molar-refractivity contribution in [1.29, 1.82) is 0 Å². The molecule has 1 aromatic carbocycles. The summed E-state index contributed by atoms with van der Waals surface area (Å²) in [4.78, 5) is 33.7. The predicted molar refractivity (Wildman–Crippen MR) is 105 cm³/mol. The second-order valence-electron chi connectivity index (χ2n) is 7.27. The molecule has 0 radical (unpaired) electrons. The summed E-state index contributed by atoms with van der Waals surface area (Å²) in [6, 6.07) is 5.63. The molecular formula is C19H23N7O3. The van der Waals surface area contributed by atoms with Crippen LogP contribution in [0.3, 0.4) is 0 Å². The Morgan fingerprint density at radius 1 is 1.24 bits per heavy atom.